The van der Waals surface area contributed by atoms with Gasteiger partial charge in [0.25, 0.3) is 0 Å². The van der Waals surface area contributed by atoms with E-state index < -0.39 is 29.8 Å². The van der Waals surface area contributed by atoms with Crippen molar-refractivity contribution in [2.24, 2.45) is 11.8 Å². The van der Waals surface area contributed by atoms with Crippen LogP contribution >= 0.6 is 35.7 Å². The first-order chi connectivity index (χ1) is 14.7. The summed E-state index contributed by atoms with van der Waals surface area (Å²) in [7, 11) is 0. The van der Waals surface area contributed by atoms with E-state index in [9.17, 15) is 24.3 Å². The second-order valence-electron chi connectivity index (χ2n) is 6.98. The van der Waals surface area contributed by atoms with E-state index in [0.29, 0.717) is 26.8 Å². The summed E-state index contributed by atoms with van der Waals surface area (Å²) in [5, 5.41) is 13.9. The highest BCUT2D eigenvalue weighted by Crippen LogP contribution is 2.49. The first kappa shape index (κ1) is 25.5. The molecule has 0 spiro atoms. The molecule has 0 aromatic carbocycles. The molecule has 0 radical (unpaired) electrons. The number of esters is 1. The number of rotatable bonds is 9. The Morgan fingerprint density at radius 3 is 2.45 bits per heavy atom. The highest BCUT2D eigenvalue weighted by atomic mass is 32.2. The largest absolute Gasteiger partial charge is 0.463 e. The van der Waals surface area contributed by atoms with E-state index in [1.165, 1.54) is 23.5 Å². The molecule has 1 heterocycles. The molecule has 2 aliphatic rings. The standard InChI is InChI=1S/C21H25NO6S3/c1-4-13-18(26)17(19(27)14(5-2)20(13)29)21-30-10-12(31-21)7-16(25)28-9-11(23)8-22-15(24)6-3/h6,10-11,13-14,23H,3-5,7-9H2,1-2H3,(H,22,24). The number of Topliss-reactive ketones (excluding diaryl/α,β-unsaturated/α-hetero) is 2. The van der Waals surface area contributed by atoms with Crippen molar-refractivity contribution in [2.75, 3.05) is 13.2 Å². The van der Waals surface area contributed by atoms with E-state index in [1.807, 2.05) is 13.8 Å². The number of ether oxygens (including phenoxy) is 1. The Hall–Kier alpha value is -1.75. The highest BCUT2D eigenvalue weighted by Gasteiger charge is 2.43. The maximum Gasteiger partial charge on any atom is 0.310 e. The van der Waals surface area contributed by atoms with Crippen molar-refractivity contribution in [2.45, 2.75) is 39.2 Å². The number of hydrogen-bond donors (Lipinski definition) is 2. The molecule has 31 heavy (non-hydrogen) atoms. The molecule has 2 N–H and O–H groups in total. The van der Waals surface area contributed by atoms with Crippen LogP contribution in [0, 0.1) is 11.8 Å². The monoisotopic (exact) mass is 483 g/mol. The van der Waals surface area contributed by atoms with E-state index in [0.717, 1.165) is 6.08 Å². The molecular weight excluding hydrogens is 458 g/mol. The number of carbonyl (C=O) groups excluding carboxylic acids is 4. The molecule has 0 bridgehead atoms. The van der Waals surface area contributed by atoms with Crippen LogP contribution in [0.3, 0.4) is 0 Å². The summed E-state index contributed by atoms with van der Waals surface area (Å²) in [6, 6.07) is 0. The summed E-state index contributed by atoms with van der Waals surface area (Å²) in [6.07, 6.45) is 1.09. The summed E-state index contributed by atoms with van der Waals surface area (Å²) in [5.41, 5.74) is 0.190. The minimum Gasteiger partial charge on any atom is -0.463 e. The Bertz CT molecular complexity index is 835. The van der Waals surface area contributed by atoms with Crippen LogP contribution in [0.15, 0.2) is 32.8 Å². The molecule has 7 nitrogen and oxygen atoms in total. The summed E-state index contributed by atoms with van der Waals surface area (Å²) in [4.78, 5) is 50.1. The fraction of sp³-hybridized carbons (Fsp3) is 0.476. The summed E-state index contributed by atoms with van der Waals surface area (Å²) >= 11 is 7.87. The van der Waals surface area contributed by atoms with E-state index in [-0.39, 0.29) is 36.7 Å². The van der Waals surface area contributed by atoms with Crippen LogP contribution in [0.5, 0.6) is 0 Å². The zero-order valence-corrected chi connectivity index (χ0v) is 19.8. The third-order valence-electron chi connectivity index (χ3n) is 4.81. The minimum absolute atomic E-state index is 0.0462. The van der Waals surface area contributed by atoms with Gasteiger partial charge in [0.1, 0.15) is 12.7 Å². The number of amides is 1. The number of carbonyl (C=O) groups is 4. The normalized spacial score (nSPS) is 22.3. The van der Waals surface area contributed by atoms with Crippen LogP contribution in [0.2, 0.25) is 0 Å². The predicted octanol–water partition coefficient (Wildman–Crippen LogP) is 2.69. The average Bonchev–Trinajstić information content (AvgIpc) is 3.18. The Morgan fingerprint density at radius 2 is 1.90 bits per heavy atom. The summed E-state index contributed by atoms with van der Waals surface area (Å²) < 4.78 is 5.61. The number of aliphatic hydroxyl groups is 1. The van der Waals surface area contributed by atoms with Crippen molar-refractivity contribution in [1.29, 1.82) is 0 Å². The Morgan fingerprint density at radius 1 is 1.29 bits per heavy atom. The van der Waals surface area contributed by atoms with E-state index >= 15 is 0 Å². The molecule has 168 valence electrons. The number of aliphatic hydroxyl groups excluding tert-OH is 1. The lowest BCUT2D eigenvalue weighted by atomic mass is 9.74. The third-order valence-corrected chi connectivity index (χ3v) is 7.80. The second-order valence-corrected chi connectivity index (χ2v) is 9.73. The molecule has 0 aromatic rings. The van der Waals surface area contributed by atoms with Crippen molar-refractivity contribution >= 4 is 64.0 Å². The smallest absolute Gasteiger partial charge is 0.310 e. The summed E-state index contributed by atoms with van der Waals surface area (Å²) in [5.74, 6) is -2.33. The van der Waals surface area contributed by atoms with Crippen LogP contribution in [0.25, 0.3) is 0 Å². The fourth-order valence-electron chi connectivity index (χ4n) is 3.15. The first-order valence-corrected chi connectivity index (χ1v) is 12.0. The van der Waals surface area contributed by atoms with Crippen LogP contribution in [-0.2, 0) is 23.9 Å². The van der Waals surface area contributed by atoms with Gasteiger partial charge in [-0.3, -0.25) is 19.2 Å². The lowest BCUT2D eigenvalue weighted by molar-refractivity contribution is -0.145. The number of thiocarbonyl (C=S) groups is 1. The molecule has 10 heteroatoms. The SMILES string of the molecule is C=CC(=O)NCC(O)COC(=O)CC1=CSC(=C2C(=O)C(CC)C(=S)C(CC)C2=O)S1. The molecule has 2 rings (SSSR count). The van der Waals surface area contributed by atoms with Crippen molar-refractivity contribution < 1.29 is 29.0 Å². The summed E-state index contributed by atoms with van der Waals surface area (Å²) in [6.45, 7) is 6.73. The molecule has 1 saturated carbocycles. The van der Waals surface area contributed by atoms with E-state index in [1.54, 1.807) is 5.41 Å². The maximum atomic E-state index is 12.9. The van der Waals surface area contributed by atoms with E-state index in [2.05, 4.69) is 11.9 Å². The molecule has 1 fully saturated rings. The van der Waals surface area contributed by atoms with Gasteiger partial charge in [0.2, 0.25) is 5.91 Å². The Kier molecular flexibility index (Phi) is 9.67. The topological polar surface area (TPSA) is 110 Å². The average molecular weight is 484 g/mol. The van der Waals surface area contributed by atoms with Crippen molar-refractivity contribution in [1.82, 2.24) is 5.32 Å². The Labute approximate surface area is 195 Å². The van der Waals surface area contributed by atoms with Crippen molar-refractivity contribution in [3.8, 4) is 0 Å². The molecule has 3 unspecified atom stereocenters. The molecule has 1 aliphatic heterocycles. The molecule has 1 amide bonds. The molecular formula is C21H25NO6S3. The van der Waals surface area contributed by atoms with Crippen LogP contribution < -0.4 is 5.32 Å². The van der Waals surface area contributed by atoms with Gasteiger partial charge in [0.15, 0.2) is 11.6 Å². The molecule has 0 aromatic heterocycles. The lowest BCUT2D eigenvalue weighted by Gasteiger charge is -2.29. The van der Waals surface area contributed by atoms with Crippen LogP contribution in [0.1, 0.15) is 33.1 Å². The number of thioether (sulfide) groups is 2. The fourth-order valence-corrected chi connectivity index (χ4v) is 6.07. The first-order valence-electron chi connectivity index (χ1n) is 9.87. The highest BCUT2D eigenvalue weighted by molar-refractivity contribution is 8.28. The number of ketones is 2. The zero-order chi connectivity index (χ0) is 23.1. The van der Waals surface area contributed by atoms with Gasteiger partial charge in [0.05, 0.1) is 28.1 Å². The number of nitrogens with one attached hydrogen (secondary N) is 1. The third kappa shape index (κ3) is 6.38. The van der Waals surface area contributed by atoms with Gasteiger partial charge in [-0.05, 0) is 24.3 Å². The van der Waals surface area contributed by atoms with Gasteiger partial charge in [-0.25, -0.2) is 0 Å². The van der Waals surface area contributed by atoms with Gasteiger partial charge < -0.3 is 15.2 Å². The zero-order valence-electron chi connectivity index (χ0n) is 17.3. The van der Waals surface area contributed by atoms with Crippen LogP contribution in [-0.4, -0.2) is 52.7 Å². The van der Waals surface area contributed by atoms with Crippen LogP contribution in [0.4, 0.5) is 0 Å². The Balaban J connectivity index is 1.96. The molecule has 1 aliphatic carbocycles. The minimum atomic E-state index is -1.04. The lowest BCUT2D eigenvalue weighted by Crippen LogP contribution is -2.42. The number of allylic oxidation sites excluding steroid dienone is 1. The molecule has 0 saturated heterocycles. The van der Waals surface area contributed by atoms with Gasteiger partial charge >= 0.3 is 5.97 Å². The van der Waals surface area contributed by atoms with Gasteiger partial charge in [-0.15, -0.1) is 0 Å². The maximum absolute atomic E-state index is 12.9. The molecule has 3 atom stereocenters. The van der Waals surface area contributed by atoms with Gasteiger partial charge in [-0.1, -0.05) is 56.2 Å². The quantitative estimate of drug-likeness (QED) is 0.221. The van der Waals surface area contributed by atoms with E-state index in [4.69, 9.17) is 17.0 Å². The number of hydrogen-bond acceptors (Lipinski definition) is 9. The second kappa shape index (κ2) is 11.8. The van der Waals surface area contributed by atoms with Gasteiger partial charge in [-0.2, -0.15) is 0 Å². The predicted molar refractivity (Wildman–Crippen MR) is 125 cm³/mol. The van der Waals surface area contributed by atoms with Crippen molar-refractivity contribution in [3.05, 3.63) is 32.8 Å². The van der Waals surface area contributed by atoms with Gasteiger partial charge in [0, 0.05) is 16.3 Å². The van der Waals surface area contributed by atoms with Crippen molar-refractivity contribution in [3.63, 3.8) is 0 Å².